The first kappa shape index (κ1) is 33.0. The van der Waals surface area contributed by atoms with E-state index in [0.29, 0.717) is 0 Å². The summed E-state index contributed by atoms with van der Waals surface area (Å²) in [5, 5.41) is 7.00. The van der Waals surface area contributed by atoms with Gasteiger partial charge in [0.1, 0.15) is 0 Å². The maximum atomic E-state index is 3.86. The van der Waals surface area contributed by atoms with E-state index >= 15 is 0 Å². The molecule has 2 aliphatic carbocycles. The Morgan fingerprint density at radius 3 is 1.75 bits per heavy atom. The molecule has 0 saturated heterocycles. The zero-order valence-corrected chi connectivity index (χ0v) is 29.4. The van der Waals surface area contributed by atoms with Gasteiger partial charge in [-0.2, -0.15) is 39.3 Å². The van der Waals surface area contributed by atoms with Crippen LogP contribution in [-0.2, 0) is 26.2 Å². The minimum atomic E-state index is 0. The Labute approximate surface area is 279 Å². The standard InChI is InChI=1S/C30H18Br2S.2C2H6N.Zr/c31-26-15-16-28(25-14-13-24(30(25)26)20-9-5-2-6-10-20)33-22-17-21-11-12-23(29(21)27(32)18-22)19-7-3-1-4-8-19;2*1-3-2;/h1-11,14-18,23-24H;2*1-2H3;/q-2;2*-1;+4. The summed E-state index contributed by atoms with van der Waals surface area (Å²) in [6.07, 6.45) is 11.4. The van der Waals surface area contributed by atoms with Crippen molar-refractivity contribution in [1.29, 1.82) is 0 Å². The average Bonchev–Trinajstić information content (AvgIpc) is 3.58. The summed E-state index contributed by atoms with van der Waals surface area (Å²) >= 11 is 9.46. The molecule has 0 heterocycles. The van der Waals surface area contributed by atoms with Crippen LogP contribution in [0.2, 0.25) is 0 Å². The second kappa shape index (κ2) is 16.2. The molecule has 0 aromatic heterocycles. The number of halogens is 2. The Morgan fingerprint density at radius 2 is 1.18 bits per heavy atom. The number of fused-ring (bicyclic) bond motifs is 2. The number of allylic oxidation sites excluding steroid dienone is 2. The van der Waals surface area contributed by atoms with Gasteiger partial charge in [0.15, 0.2) is 0 Å². The second-order valence-corrected chi connectivity index (χ2v) is 11.9. The monoisotopic (exact) mass is 746 g/mol. The Kier molecular flexibility index (Phi) is 13.4. The molecular formula is C34H30Br2N2SZr. The first-order valence-electron chi connectivity index (χ1n) is 12.6. The first-order chi connectivity index (χ1) is 19.0. The molecule has 200 valence electrons. The Morgan fingerprint density at radius 1 is 0.650 bits per heavy atom. The molecule has 2 aliphatic rings. The van der Waals surface area contributed by atoms with Crippen molar-refractivity contribution < 1.29 is 26.2 Å². The fourth-order valence-electron chi connectivity index (χ4n) is 4.67. The van der Waals surface area contributed by atoms with Crippen LogP contribution >= 0.6 is 43.6 Å². The molecule has 6 rings (SSSR count). The molecule has 4 aromatic rings. The average molecular weight is 750 g/mol. The van der Waals surface area contributed by atoms with Crippen LogP contribution < -0.4 is 0 Å². The van der Waals surface area contributed by atoms with E-state index in [-0.39, 0.29) is 38.0 Å². The van der Waals surface area contributed by atoms with Crippen LogP contribution in [0.25, 0.3) is 22.8 Å². The smallest absolute Gasteiger partial charge is 0.668 e. The van der Waals surface area contributed by atoms with Crippen LogP contribution in [0.3, 0.4) is 0 Å². The molecule has 40 heavy (non-hydrogen) atoms. The molecule has 2 unspecified atom stereocenters. The van der Waals surface area contributed by atoms with E-state index in [4.69, 9.17) is 0 Å². The van der Waals surface area contributed by atoms with E-state index < -0.39 is 0 Å². The van der Waals surface area contributed by atoms with Gasteiger partial charge in [-0.05, 0) is 17.0 Å². The topological polar surface area (TPSA) is 28.2 Å². The summed E-state index contributed by atoms with van der Waals surface area (Å²) in [6.45, 7) is 0. The normalized spacial score (nSPS) is 15.7. The van der Waals surface area contributed by atoms with Crippen molar-refractivity contribution in [2.45, 2.75) is 21.6 Å². The van der Waals surface area contributed by atoms with Crippen molar-refractivity contribution in [1.82, 2.24) is 0 Å². The molecule has 2 atom stereocenters. The van der Waals surface area contributed by atoms with Gasteiger partial charge in [0.2, 0.25) is 0 Å². The van der Waals surface area contributed by atoms with Crippen molar-refractivity contribution in [3.05, 3.63) is 150 Å². The maximum Gasteiger partial charge on any atom is 4.00 e. The molecule has 0 saturated carbocycles. The van der Waals surface area contributed by atoms with Gasteiger partial charge in [-0.15, -0.1) is 29.0 Å². The van der Waals surface area contributed by atoms with Crippen molar-refractivity contribution in [2.24, 2.45) is 0 Å². The van der Waals surface area contributed by atoms with Crippen molar-refractivity contribution in [3.63, 3.8) is 0 Å². The molecule has 0 N–H and O–H groups in total. The Hall–Kier alpha value is -1.53. The number of hydrogen-bond donors (Lipinski definition) is 0. The minimum Gasteiger partial charge on any atom is -0.668 e. The second-order valence-electron chi connectivity index (χ2n) is 9.09. The summed E-state index contributed by atoms with van der Waals surface area (Å²) in [5.41, 5.74) is 7.62. The molecule has 6 heteroatoms. The fourth-order valence-corrected chi connectivity index (χ4v) is 7.13. The quantitative estimate of drug-likeness (QED) is 0.191. The Bertz CT molecular complexity index is 1450. The van der Waals surface area contributed by atoms with Gasteiger partial charge in [0, 0.05) is 8.95 Å². The van der Waals surface area contributed by atoms with Crippen LogP contribution in [0, 0.1) is 12.2 Å². The summed E-state index contributed by atoms with van der Waals surface area (Å²) in [7, 11) is 7.00. The van der Waals surface area contributed by atoms with Crippen LogP contribution in [0.4, 0.5) is 0 Å². The van der Waals surface area contributed by atoms with Gasteiger partial charge in [0.05, 0.1) is 0 Å². The fraction of sp³-hybridized carbons (Fsp3) is 0.176. The third kappa shape index (κ3) is 7.65. The van der Waals surface area contributed by atoms with Gasteiger partial charge in [-0.3, -0.25) is 12.2 Å². The van der Waals surface area contributed by atoms with Gasteiger partial charge >= 0.3 is 26.2 Å². The van der Waals surface area contributed by atoms with E-state index in [1.54, 1.807) is 40.0 Å². The molecule has 0 fully saturated rings. The molecule has 0 amide bonds. The third-order valence-corrected chi connectivity index (χ3v) is 8.59. The maximum absolute atomic E-state index is 3.86. The minimum absolute atomic E-state index is 0. The van der Waals surface area contributed by atoms with E-state index in [2.05, 4.69) is 152 Å². The number of hydrogen-bond acceptors (Lipinski definition) is 1. The summed E-state index contributed by atoms with van der Waals surface area (Å²) in [6, 6.07) is 30.1. The molecule has 0 aliphatic heterocycles. The first-order valence-corrected chi connectivity index (χ1v) is 15.0. The third-order valence-electron chi connectivity index (χ3n) is 6.20. The zero-order valence-electron chi connectivity index (χ0n) is 23.0. The molecule has 0 radical (unpaired) electrons. The zero-order chi connectivity index (χ0) is 27.8. The van der Waals surface area contributed by atoms with Gasteiger partial charge in [0.25, 0.3) is 0 Å². The van der Waals surface area contributed by atoms with Crippen LogP contribution in [-0.4, -0.2) is 28.2 Å². The summed E-state index contributed by atoms with van der Waals surface area (Å²) in [5.74, 6) is 0.336. The van der Waals surface area contributed by atoms with E-state index in [0.717, 1.165) is 8.95 Å². The SMILES string of the molecule is Brc1cc(Sc2ccc(Br)c3c2C=[C-]C3c2ccccc2)cc2c1C(c1ccccc1)[C-]=C2.C[N-]C.C[N-]C.[Zr+4]. The Balaban J connectivity index is 0.000000581. The van der Waals surface area contributed by atoms with Crippen molar-refractivity contribution >= 4 is 55.8 Å². The van der Waals surface area contributed by atoms with Crippen LogP contribution in [0.15, 0.2) is 104 Å². The predicted molar refractivity (Wildman–Crippen MR) is 175 cm³/mol. The van der Waals surface area contributed by atoms with E-state index in [9.17, 15) is 0 Å². The molecule has 4 aromatic carbocycles. The number of rotatable bonds is 4. The number of benzene rings is 4. The molecular weight excluding hydrogens is 719 g/mol. The van der Waals surface area contributed by atoms with Gasteiger partial charge in [-0.1, -0.05) is 126 Å². The molecule has 0 spiro atoms. The van der Waals surface area contributed by atoms with E-state index in [1.165, 1.54) is 43.2 Å². The summed E-state index contributed by atoms with van der Waals surface area (Å²) in [4.78, 5) is 2.46. The van der Waals surface area contributed by atoms with Crippen molar-refractivity contribution in [2.75, 3.05) is 28.2 Å². The van der Waals surface area contributed by atoms with E-state index in [1.807, 2.05) is 0 Å². The predicted octanol–water partition coefficient (Wildman–Crippen LogP) is 10.5. The van der Waals surface area contributed by atoms with Gasteiger partial charge < -0.3 is 10.6 Å². The molecule has 2 nitrogen and oxygen atoms in total. The summed E-state index contributed by atoms with van der Waals surface area (Å²) < 4.78 is 2.27. The van der Waals surface area contributed by atoms with Crippen LogP contribution in [0.5, 0.6) is 0 Å². The number of nitrogens with zero attached hydrogens (tertiary/aromatic N) is 2. The largest absolute Gasteiger partial charge is 4.00 e. The van der Waals surface area contributed by atoms with Crippen LogP contribution in [0.1, 0.15) is 45.2 Å². The molecule has 0 bridgehead atoms. The van der Waals surface area contributed by atoms with Gasteiger partial charge in [-0.25, -0.2) is 12.2 Å². The van der Waals surface area contributed by atoms with Crippen molar-refractivity contribution in [3.8, 4) is 0 Å².